The molecule has 0 amide bonds. The molecule has 1 unspecified atom stereocenters. The molecule has 0 bridgehead atoms. The number of nitrogens with zero attached hydrogens (tertiary/aromatic N) is 3. The minimum Gasteiger partial charge on any atom is -0.316 e. The lowest BCUT2D eigenvalue weighted by Gasteiger charge is -2.21. The van der Waals surface area contributed by atoms with Crippen LogP contribution in [0.15, 0.2) is 0 Å². The van der Waals surface area contributed by atoms with Crippen molar-refractivity contribution in [3.63, 3.8) is 0 Å². The highest BCUT2D eigenvalue weighted by Gasteiger charge is 2.16. The van der Waals surface area contributed by atoms with Crippen LogP contribution >= 0.6 is 0 Å². The largest absolute Gasteiger partial charge is 0.316 e. The predicted molar refractivity (Wildman–Crippen MR) is 64.3 cm³/mol. The maximum absolute atomic E-state index is 4.62. The smallest absolute Gasteiger partial charge is 0.150 e. The van der Waals surface area contributed by atoms with Crippen LogP contribution in [0.5, 0.6) is 0 Å². The molecule has 0 aliphatic carbocycles. The fourth-order valence-corrected chi connectivity index (χ4v) is 2.34. The number of hydrogen-bond donors (Lipinski definition) is 1. The summed E-state index contributed by atoms with van der Waals surface area (Å²) in [5, 5.41) is 7.90. The predicted octanol–water partition coefficient (Wildman–Crippen LogP) is 1.31. The van der Waals surface area contributed by atoms with E-state index in [-0.39, 0.29) is 0 Å². The van der Waals surface area contributed by atoms with E-state index in [9.17, 15) is 0 Å². The third-order valence-electron chi connectivity index (χ3n) is 3.24. The number of aryl methyl sites for hydroxylation is 2. The number of aromatic nitrogens is 3. The first-order valence-corrected chi connectivity index (χ1v) is 6.39. The standard InChI is InChI=1S/C12H22N4/c1-3-5-11-14-12(16(2)15-11)8-10-6-4-7-13-9-10/h10,13H,3-9H2,1-2H3. The Morgan fingerprint density at radius 2 is 2.38 bits per heavy atom. The van der Waals surface area contributed by atoms with Gasteiger partial charge in [0.25, 0.3) is 0 Å². The molecule has 0 spiro atoms. The summed E-state index contributed by atoms with van der Waals surface area (Å²) in [6.07, 6.45) is 5.80. The van der Waals surface area contributed by atoms with Gasteiger partial charge in [-0.3, -0.25) is 4.68 Å². The van der Waals surface area contributed by atoms with Crippen molar-refractivity contribution < 1.29 is 0 Å². The molecule has 16 heavy (non-hydrogen) atoms. The van der Waals surface area contributed by atoms with E-state index in [4.69, 9.17) is 0 Å². The van der Waals surface area contributed by atoms with Gasteiger partial charge >= 0.3 is 0 Å². The summed E-state index contributed by atoms with van der Waals surface area (Å²) in [7, 11) is 2.01. The summed E-state index contributed by atoms with van der Waals surface area (Å²) < 4.78 is 1.96. The Labute approximate surface area is 97.5 Å². The van der Waals surface area contributed by atoms with Gasteiger partial charge in [-0.15, -0.1) is 0 Å². The zero-order valence-corrected chi connectivity index (χ0v) is 10.4. The van der Waals surface area contributed by atoms with Crippen LogP contribution in [0.3, 0.4) is 0 Å². The summed E-state index contributed by atoms with van der Waals surface area (Å²) in [5.74, 6) is 2.90. The van der Waals surface area contributed by atoms with Crippen LogP contribution in [-0.2, 0) is 19.9 Å². The third kappa shape index (κ3) is 2.82. The Bertz CT molecular complexity index is 326. The van der Waals surface area contributed by atoms with Gasteiger partial charge in [0, 0.05) is 19.9 Å². The Kier molecular flexibility index (Phi) is 3.93. The van der Waals surface area contributed by atoms with Crippen LogP contribution in [0.2, 0.25) is 0 Å². The van der Waals surface area contributed by atoms with Crippen molar-refractivity contribution in [2.45, 2.75) is 39.0 Å². The van der Waals surface area contributed by atoms with Crippen molar-refractivity contribution in [2.75, 3.05) is 13.1 Å². The molecule has 0 saturated carbocycles. The molecule has 90 valence electrons. The topological polar surface area (TPSA) is 42.7 Å². The average molecular weight is 222 g/mol. The number of hydrogen-bond acceptors (Lipinski definition) is 3. The van der Waals surface area contributed by atoms with E-state index in [1.807, 2.05) is 11.7 Å². The Hall–Kier alpha value is -0.900. The quantitative estimate of drug-likeness (QED) is 0.835. The zero-order chi connectivity index (χ0) is 11.4. The zero-order valence-electron chi connectivity index (χ0n) is 10.4. The summed E-state index contributed by atoms with van der Waals surface area (Å²) in [6.45, 7) is 4.48. The summed E-state index contributed by atoms with van der Waals surface area (Å²) in [5.41, 5.74) is 0. The molecule has 1 aromatic rings. The minimum absolute atomic E-state index is 0.742. The average Bonchev–Trinajstić information content (AvgIpc) is 2.61. The molecule has 4 heteroatoms. The molecule has 1 N–H and O–H groups in total. The van der Waals surface area contributed by atoms with Gasteiger partial charge in [-0.2, -0.15) is 5.10 Å². The molecule has 2 heterocycles. The van der Waals surface area contributed by atoms with Crippen LogP contribution in [0.25, 0.3) is 0 Å². The summed E-state index contributed by atoms with van der Waals surface area (Å²) >= 11 is 0. The lowest BCUT2D eigenvalue weighted by atomic mass is 9.96. The van der Waals surface area contributed by atoms with E-state index in [0.717, 1.165) is 43.4 Å². The number of nitrogens with one attached hydrogen (secondary N) is 1. The first kappa shape index (κ1) is 11.6. The van der Waals surface area contributed by atoms with Crippen LogP contribution in [0.1, 0.15) is 37.8 Å². The van der Waals surface area contributed by atoms with Gasteiger partial charge in [0.1, 0.15) is 5.82 Å². The third-order valence-corrected chi connectivity index (χ3v) is 3.24. The maximum atomic E-state index is 4.62. The van der Waals surface area contributed by atoms with E-state index < -0.39 is 0 Å². The van der Waals surface area contributed by atoms with E-state index in [2.05, 4.69) is 22.3 Å². The lowest BCUT2D eigenvalue weighted by molar-refractivity contribution is 0.366. The van der Waals surface area contributed by atoms with Crippen molar-refractivity contribution >= 4 is 0 Å². The van der Waals surface area contributed by atoms with Crippen LogP contribution in [0, 0.1) is 5.92 Å². The fraction of sp³-hybridized carbons (Fsp3) is 0.833. The fourth-order valence-electron chi connectivity index (χ4n) is 2.34. The van der Waals surface area contributed by atoms with Gasteiger partial charge < -0.3 is 5.32 Å². The van der Waals surface area contributed by atoms with Crippen LogP contribution in [-0.4, -0.2) is 27.9 Å². The van der Waals surface area contributed by atoms with Gasteiger partial charge in [-0.05, 0) is 38.3 Å². The highest BCUT2D eigenvalue weighted by Crippen LogP contribution is 2.15. The van der Waals surface area contributed by atoms with Gasteiger partial charge in [0.15, 0.2) is 5.82 Å². The van der Waals surface area contributed by atoms with Crippen molar-refractivity contribution in [3.8, 4) is 0 Å². The first-order valence-electron chi connectivity index (χ1n) is 6.39. The van der Waals surface area contributed by atoms with E-state index >= 15 is 0 Å². The molecule has 0 radical (unpaired) electrons. The molecule has 1 saturated heterocycles. The van der Waals surface area contributed by atoms with Gasteiger partial charge in [0.05, 0.1) is 0 Å². The highest BCUT2D eigenvalue weighted by molar-refractivity contribution is 4.95. The lowest BCUT2D eigenvalue weighted by Crippen LogP contribution is -2.31. The molecule has 1 aromatic heterocycles. The second-order valence-corrected chi connectivity index (χ2v) is 4.73. The Morgan fingerprint density at radius 3 is 3.06 bits per heavy atom. The molecule has 4 nitrogen and oxygen atoms in total. The van der Waals surface area contributed by atoms with Gasteiger partial charge in [0.2, 0.25) is 0 Å². The van der Waals surface area contributed by atoms with Crippen LogP contribution in [0.4, 0.5) is 0 Å². The Morgan fingerprint density at radius 1 is 1.50 bits per heavy atom. The highest BCUT2D eigenvalue weighted by atomic mass is 15.3. The first-order chi connectivity index (χ1) is 7.79. The molecule has 1 fully saturated rings. The normalized spacial score (nSPS) is 21.2. The summed E-state index contributed by atoms with van der Waals surface area (Å²) in [6, 6.07) is 0. The van der Waals surface area contributed by atoms with Crippen molar-refractivity contribution in [2.24, 2.45) is 13.0 Å². The molecule has 2 rings (SSSR count). The Balaban J connectivity index is 1.96. The van der Waals surface area contributed by atoms with Crippen molar-refractivity contribution in [1.29, 1.82) is 0 Å². The minimum atomic E-state index is 0.742. The van der Waals surface area contributed by atoms with E-state index in [0.29, 0.717) is 0 Å². The molecule has 0 aromatic carbocycles. The van der Waals surface area contributed by atoms with Crippen molar-refractivity contribution in [3.05, 3.63) is 11.6 Å². The second kappa shape index (κ2) is 5.43. The molecule has 1 aliphatic heterocycles. The SMILES string of the molecule is CCCc1nc(CC2CCCNC2)n(C)n1. The van der Waals surface area contributed by atoms with Gasteiger partial charge in [-0.25, -0.2) is 4.98 Å². The van der Waals surface area contributed by atoms with Crippen molar-refractivity contribution in [1.82, 2.24) is 20.1 Å². The maximum Gasteiger partial charge on any atom is 0.150 e. The van der Waals surface area contributed by atoms with E-state index in [1.165, 1.54) is 19.4 Å². The monoisotopic (exact) mass is 222 g/mol. The van der Waals surface area contributed by atoms with E-state index in [1.54, 1.807) is 0 Å². The molecular formula is C12H22N4. The number of rotatable bonds is 4. The summed E-state index contributed by atoms with van der Waals surface area (Å²) in [4.78, 5) is 4.62. The van der Waals surface area contributed by atoms with Gasteiger partial charge in [-0.1, -0.05) is 6.92 Å². The molecular weight excluding hydrogens is 200 g/mol. The number of piperidine rings is 1. The van der Waals surface area contributed by atoms with Crippen LogP contribution < -0.4 is 5.32 Å². The second-order valence-electron chi connectivity index (χ2n) is 4.73. The molecule has 1 aliphatic rings. The molecule has 1 atom stereocenters.